The number of benzene rings is 1. The lowest BCUT2D eigenvalue weighted by Gasteiger charge is -2.22. The van der Waals surface area contributed by atoms with Gasteiger partial charge < -0.3 is 10.1 Å². The van der Waals surface area contributed by atoms with Crippen LogP contribution in [0.5, 0.6) is 5.75 Å². The van der Waals surface area contributed by atoms with E-state index in [0.29, 0.717) is 11.8 Å². The summed E-state index contributed by atoms with van der Waals surface area (Å²) in [5, 5.41) is 3.44. The SMILES string of the molecule is CCNCC(c1ccc(OCC)cc1)C(C)C. The predicted octanol–water partition coefficient (Wildman–Crippen LogP) is 3.43. The van der Waals surface area contributed by atoms with Crippen LogP contribution in [0.4, 0.5) is 0 Å². The van der Waals surface area contributed by atoms with E-state index in [1.54, 1.807) is 0 Å². The van der Waals surface area contributed by atoms with Crippen LogP contribution >= 0.6 is 0 Å². The lowest BCUT2D eigenvalue weighted by Crippen LogP contribution is -2.24. The third-order valence-electron chi connectivity index (χ3n) is 3.04. The molecule has 0 heterocycles. The second-order valence-corrected chi connectivity index (χ2v) is 4.66. The van der Waals surface area contributed by atoms with Crippen molar-refractivity contribution in [3.63, 3.8) is 0 Å². The summed E-state index contributed by atoms with van der Waals surface area (Å²) in [5.74, 6) is 2.18. The number of likely N-dealkylation sites (N-methyl/N-ethyl adjacent to an activating group) is 1. The van der Waals surface area contributed by atoms with Crippen molar-refractivity contribution >= 4 is 0 Å². The third-order valence-corrected chi connectivity index (χ3v) is 3.04. The summed E-state index contributed by atoms with van der Waals surface area (Å²) >= 11 is 0. The molecular formula is C15H25NO. The van der Waals surface area contributed by atoms with Gasteiger partial charge in [-0.3, -0.25) is 0 Å². The van der Waals surface area contributed by atoms with Gasteiger partial charge in [0.05, 0.1) is 6.61 Å². The molecule has 1 atom stereocenters. The molecule has 96 valence electrons. The molecule has 0 aliphatic rings. The van der Waals surface area contributed by atoms with Gasteiger partial charge in [-0.2, -0.15) is 0 Å². The molecule has 1 aromatic rings. The Balaban J connectivity index is 2.72. The quantitative estimate of drug-likeness (QED) is 0.781. The van der Waals surface area contributed by atoms with Crippen molar-refractivity contribution in [1.29, 1.82) is 0 Å². The van der Waals surface area contributed by atoms with Crippen molar-refractivity contribution < 1.29 is 4.74 Å². The van der Waals surface area contributed by atoms with Crippen LogP contribution in [0.25, 0.3) is 0 Å². The van der Waals surface area contributed by atoms with Crippen molar-refractivity contribution in [3.05, 3.63) is 29.8 Å². The molecule has 0 radical (unpaired) electrons. The van der Waals surface area contributed by atoms with Gasteiger partial charge in [0, 0.05) is 6.54 Å². The highest BCUT2D eigenvalue weighted by Gasteiger charge is 2.15. The fourth-order valence-electron chi connectivity index (χ4n) is 2.02. The Hall–Kier alpha value is -1.02. The number of ether oxygens (including phenoxy) is 1. The number of rotatable bonds is 7. The van der Waals surface area contributed by atoms with Gasteiger partial charge in [0.25, 0.3) is 0 Å². The zero-order valence-electron chi connectivity index (χ0n) is 11.5. The molecule has 1 N–H and O–H groups in total. The first-order valence-electron chi connectivity index (χ1n) is 6.62. The van der Waals surface area contributed by atoms with Gasteiger partial charge in [-0.1, -0.05) is 32.9 Å². The maximum atomic E-state index is 5.47. The molecule has 0 aromatic heterocycles. The summed E-state index contributed by atoms with van der Waals surface area (Å²) < 4.78 is 5.47. The van der Waals surface area contributed by atoms with E-state index in [-0.39, 0.29) is 0 Å². The van der Waals surface area contributed by atoms with Crippen LogP contribution in [0.15, 0.2) is 24.3 Å². The highest BCUT2D eigenvalue weighted by atomic mass is 16.5. The monoisotopic (exact) mass is 235 g/mol. The fourth-order valence-corrected chi connectivity index (χ4v) is 2.02. The molecule has 0 bridgehead atoms. The summed E-state index contributed by atoms with van der Waals surface area (Å²) in [7, 11) is 0. The smallest absolute Gasteiger partial charge is 0.119 e. The van der Waals surface area contributed by atoms with Crippen LogP contribution in [-0.2, 0) is 0 Å². The van der Waals surface area contributed by atoms with Crippen molar-refractivity contribution in [2.24, 2.45) is 5.92 Å². The molecule has 2 nitrogen and oxygen atoms in total. The van der Waals surface area contributed by atoms with Crippen molar-refractivity contribution in [3.8, 4) is 5.75 Å². The summed E-state index contributed by atoms with van der Waals surface area (Å²) in [5.41, 5.74) is 1.39. The standard InChI is InChI=1S/C15H25NO/c1-5-16-11-15(12(3)4)13-7-9-14(10-8-13)17-6-2/h7-10,12,15-16H,5-6,11H2,1-4H3. The zero-order chi connectivity index (χ0) is 12.7. The normalized spacial score (nSPS) is 12.8. The van der Waals surface area contributed by atoms with Gasteiger partial charge >= 0.3 is 0 Å². The average Bonchev–Trinajstić information content (AvgIpc) is 2.31. The molecule has 0 amide bonds. The van der Waals surface area contributed by atoms with E-state index in [4.69, 9.17) is 4.74 Å². The lowest BCUT2D eigenvalue weighted by molar-refractivity contribution is 0.340. The summed E-state index contributed by atoms with van der Waals surface area (Å²) in [4.78, 5) is 0. The van der Waals surface area contributed by atoms with Crippen molar-refractivity contribution in [2.45, 2.75) is 33.6 Å². The molecule has 0 saturated carbocycles. The first-order valence-corrected chi connectivity index (χ1v) is 6.62. The average molecular weight is 235 g/mol. The van der Waals surface area contributed by atoms with Crippen LogP contribution in [0, 0.1) is 5.92 Å². The van der Waals surface area contributed by atoms with E-state index in [1.165, 1.54) is 5.56 Å². The van der Waals surface area contributed by atoms with Gasteiger partial charge in [-0.25, -0.2) is 0 Å². The number of hydrogen-bond donors (Lipinski definition) is 1. The van der Waals surface area contributed by atoms with Crippen molar-refractivity contribution in [2.75, 3.05) is 19.7 Å². The van der Waals surface area contributed by atoms with Crippen LogP contribution in [-0.4, -0.2) is 19.7 Å². The minimum Gasteiger partial charge on any atom is -0.494 e. The molecule has 0 aliphatic carbocycles. The molecule has 1 rings (SSSR count). The topological polar surface area (TPSA) is 21.3 Å². The van der Waals surface area contributed by atoms with Crippen LogP contribution in [0.3, 0.4) is 0 Å². The molecule has 0 fully saturated rings. The van der Waals surface area contributed by atoms with Gasteiger partial charge in [0.1, 0.15) is 5.75 Å². The van der Waals surface area contributed by atoms with Crippen LogP contribution in [0.1, 0.15) is 39.2 Å². The van der Waals surface area contributed by atoms with Crippen LogP contribution in [0.2, 0.25) is 0 Å². The maximum Gasteiger partial charge on any atom is 0.119 e. The minimum absolute atomic E-state index is 0.575. The number of nitrogens with one attached hydrogen (secondary N) is 1. The van der Waals surface area contributed by atoms with E-state index < -0.39 is 0 Å². The summed E-state index contributed by atoms with van der Waals surface area (Å²) in [6.45, 7) is 11.5. The van der Waals surface area contributed by atoms with E-state index >= 15 is 0 Å². The van der Waals surface area contributed by atoms with E-state index in [0.717, 1.165) is 25.4 Å². The molecule has 17 heavy (non-hydrogen) atoms. The molecule has 1 aromatic carbocycles. The maximum absolute atomic E-state index is 5.47. The van der Waals surface area contributed by atoms with E-state index in [9.17, 15) is 0 Å². The Labute approximate surface area is 105 Å². The Morgan fingerprint density at radius 3 is 2.24 bits per heavy atom. The van der Waals surface area contributed by atoms with Gasteiger partial charge in [-0.05, 0) is 43.0 Å². The third kappa shape index (κ3) is 4.39. The van der Waals surface area contributed by atoms with E-state index in [1.807, 2.05) is 6.92 Å². The first kappa shape index (κ1) is 14.0. The Bertz CT molecular complexity index is 305. The molecule has 2 heteroatoms. The summed E-state index contributed by atoms with van der Waals surface area (Å²) in [6.07, 6.45) is 0. The molecule has 0 saturated heterocycles. The zero-order valence-corrected chi connectivity index (χ0v) is 11.5. The largest absolute Gasteiger partial charge is 0.494 e. The molecule has 1 unspecified atom stereocenters. The Morgan fingerprint density at radius 2 is 1.76 bits per heavy atom. The van der Waals surface area contributed by atoms with Gasteiger partial charge in [-0.15, -0.1) is 0 Å². The minimum atomic E-state index is 0.575. The lowest BCUT2D eigenvalue weighted by atomic mass is 9.88. The highest BCUT2D eigenvalue weighted by Crippen LogP contribution is 2.25. The van der Waals surface area contributed by atoms with Gasteiger partial charge in [0.2, 0.25) is 0 Å². The predicted molar refractivity (Wildman–Crippen MR) is 73.7 cm³/mol. The Morgan fingerprint density at radius 1 is 1.12 bits per heavy atom. The fraction of sp³-hybridized carbons (Fsp3) is 0.600. The van der Waals surface area contributed by atoms with E-state index in [2.05, 4.69) is 50.4 Å². The molecular weight excluding hydrogens is 210 g/mol. The van der Waals surface area contributed by atoms with Crippen LogP contribution < -0.4 is 10.1 Å². The summed E-state index contributed by atoms with van der Waals surface area (Å²) in [6, 6.07) is 8.51. The second-order valence-electron chi connectivity index (χ2n) is 4.66. The van der Waals surface area contributed by atoms with Gasteiger partial charge in [0.15, 0.2) is 0 Å². The number of hydrogen-bond acceptors (Lipinski definition) is 2. The first-order chi connectivity index (χ1) is 8.19. The second kappa shape index (κ2) is 7.33. The van der Waals surface area contributed by atoms with Crippen molar-refractivity contribution in [1.82, 2.24) is 5.32 Å². The molecule has 0 aliphatic heterocycles. The Kier molecular flexibility index (Phi) is 6.06. The highest BCUT2D eigenvalue weighted by molar-refractivity contribution is 5.30. The molecule has 0 spiro atoms.